The molecule has 0 aliphatic carbocycles. The highest BCUT2D eigenvalue weighted by atomic mass is 16.1. The summed E-state index contributed by atoms with van der Waals surface area (Å²) < 4.78 is 1.90. The number of benzene rings is 2. The number of aromatic nitrogens is 2. The Balaban J connectivity index is 1.82. The van der Waals surface area contributed by atoms with Gasteiger partial charge in [0.1, 0.15) is 0 Å². The molecule has 2 aromatic carbocycles. The number of rotatable bonds is 4. The number of carbonyl (C=O) groups excluding carboxylic acids is 1. The van der Waals surface area contributed by atoms with Gasteiger partial charge in [-0.25, -0.2) is 4.68 Å². The van der Waals surface area contributed by atoms with Crippen LogP contribution < -0.4 is 5.32 Å². The molecule has 0 aliphatic rings. The van der Waals surface area contributed by atoms with Crippen molar-refractivity contribution in [3.05, 3.63) is 76.6 Å². The van der Waals surface area contributed by atoms with Gasteiger partial charge in [-0.3, -0.25) is 4.79 Å². The molecule has 4 nitrogen and oxygen atoms in total. The van der Waals surface area contributed by atoms with Crippen molar-refractivity contribution in [3.63, 3.8) is 0 Å². The van der Waals surface area contributed by atoms with E-state index in [0.717, 1.165) is 39.5 Å². The van der Waals surface area contributed by atoms with Crippen molar-refractivity contribution in [1.29, 1.82) is 0 Å². The van der Waals surface area contributed by atoms with E-state index in [2.05, 4.69) is 10.4 Å². The standard InChI is InChI=1S/C21H23N3O/c1-14-10-11-15(2)20(12-14)22-21(25)13-19-16(3)23-24(17(19)4)18-8-6-5-7-9-18/h5-12H,13H2,1-4H3,(H,22,25). The van der Waals surface area contributed by atoms with Crippen LogP contribution in [0.5, 0.6) is 0 Å². The average Bonchev–Trinajstić information content (AvgIpc) is 2.87. The molecule has 3 aromatic rings. The van der Waals surface area contributed by atoms with Crippen LogP contribution in [0, 0.1) is 27.7 Å². The normalized spacial score (nSPS) is 10.7. The van der Waals surface area contributed by atoms with Crippen molar-refractivity contribution >= 4 is 11.6 Å². The summed E-state index contributed by atoms with van der Waals surface area (Å²) >= 11 is 0. The van der Waals surface area contributed by atoms with Crippen LogP contribution in [0.4, 0.5) is 5.69 Å². The number of anilines is 1. The first-order chi connectivity index (χ1) is 12.0. The molecule has 0 aliphatic heterocycles. The highest BCUT2D eigenvalue weighted by Crippen LogP contribution is 2.20. The summed E-state index contributed by atoms with van der Waals surface area (Å²) in [5.74, 6) is -0.0208. The largest absolute Gasteiger partial charge is 0.326 e. The molecule has 0 saturated carbocycles. The quantitative estimate of drug-likeness (QED) is 0.774. The van der Waals surface area contributed by atoms with Gasteiger partial charge in [-0.2, -0.15) is 5.10 Å². The number of hydrogen-bond acceptors (Lipinski definition) is 2. The Morgan fingerprint density at radius 1 is 1.04 bits per heavy atom. The minimum absolute atomic E-state index is 0.0208. The van der Waals surface area contributed by atoms with Gasteiger partial charge in [-0.15, -0.1) is 0 Å². The Bertz CT molecular complexity index is 910. The Labute approximate surface area is 148 Å². The molecule has 4 heteroatoms. The second kappa shape index (κ2) is 6.93. The fourth-order valence-electron chi connectivity index (χ4n) is 2.98. The van der Waals surface area contributed by atoms with Gasteiger partial charge in [0.25, 0.3) is 0 Å². The lowest BCUT2D eigenvalue weighted by Gasteiger charge is -2.10. The molecule has 1 heterocycles. The van der Waals surface area contributed by atoms with Crippen LogP contribution in [0.25, 0.3) is 5.69 Å². The van der Waals surface area contributed by atoms with E-state index in [9.17, 15) is 4.79 Å². The van der Waals surface area contributed by atoms with Crippen LogP contribution >= 0.6 is 0 Å². The second-order valence-corrected chi connectivity index (χ2v) is 6.44. The van der Waals surface area contributed by atoms with E-state index in [1.807, 2.05) is 80.9 Å². The van der Waals surface area contributed by atoms with Crippen LogP contribution in [0.3, 0.4) is 0 Å². The highest BCUT2D eigenvalue weighted by molar-refractivity contribution is 5.93. The molecule has 0 radical (unpaired) electrons. The zero-order chi connectivity index (χ0) is 18.0. The summed E-state index contributed by atoms with van der Waals surface area (Å²) in [6.45, 7) is 7.98. The first-order valence-electron chi connectivity index (χ1n) is 8.43. The molecule has 0 unspecified atom stereocenters. The van der Waals surface area contributed by atoms with Crippen LogP contribution in [-0.2, 0) is 11.2 Å². The fourth-order valence-corrected chi connectivity index (χ4v) is 2.98. The predicted molar refractivity (Wildman–Crippen MR) is 101 cm³/mol. The monoisotopic (exact) mass is 333 g/mol. The van der Waals surface area contributed by atoms with E-state index in [-0.39, 0.29) is 5.91 Å². The van der Waals surface area contributed by atoms with Crippen molar-refractivity contribution in [2.75, 3.05) is 5.32 Å². The summed E-state index contributed by atoms with van der Waals surface area (Å²) in [7, 11) is 0. The number of nitrogens with one attached hydrogen (secondary N) is 1. The van der Waals surface area contributed by atoms with Gasteiger partial charge >= 0.3 is 0 Å². The van der Waals surface area contributed by atoms with Crippen molar-refractivity contribution in [1.82, 2.24) is 9.78 Å². The molecule has 0 atom stereocenters. The molecular weight excluding hydrogens is 310 g/mol. The second-order valence-electron chi connectivity index (χ2n) is 6.44. The maximum atomic E-state index is 12.5. The predicted octanol–water partition coefficient (Wildman–Crippen LogP) is 4.29. The molecule has 1 N–H and O–H groups in total. The van der Waals surface area contributed by atoms with Crippen LogP contribution in [0.1, 0.15) is 28.1 Å². The molecule has 0 spiro atoms. The number of hydrogen-bond donors (Lipinski definition) is 1. The highest BCUT2D eigenvalue weighted by Gasteiger charge is 2.16. The Morgan fingerprint density at radius 3 is 2.48 bits per heavy atom. The Hall–Kier alpha value is -2.88. The minimum Gasteiger partial charge on any atom is -0.326 e. The van der Waals surface area contributed by atoms with Crippen molar-refractivity contribution < 1.29 is 4.79 Å². The van der Waals surface area contributed by atoms with Crippen molar-refractivity contribution in [2.45, 2.75) is 34.1 Å². The first-order valence-corrected chi connectivity index (χ1v) is 8.43. The number of aryl methyl sites for hydroxylation is 3. The van der Waals surface area contributed by atoms with E-state index in [1.54, 1.807) is 0 Å². The van der Waals surface area contributed by atoms with E-state index < -0.39 is 0 Å². The third-order valence-electron chi connectivity index (χ3n) is 4.45. The van der Waals surface area contributed by atoms with Gasteiger partial charge in [0.15, 0.2) is 0 Å². The van der Waals surface area contributed by atoms with E-state index in [0.29, 0.717) is 6.42 Å². The lowest BCUT2D eigenvalue weighted by molar-refractivity contribution is -0.115. The maximum Gasteiger partial charge on any atom is 0.228 e. The van der Waals surface area contributed by atoms with E-state index in [1.165, 1.54) is 0 Å². The van der Waals surface area contributed by atoms with E-state index in [4.69, 9.17) is 0 Å². The summed E-state index contributed by atoms with van der Waals surface area (Å²) in [5, 5.41) is 7.64. The van der Waals surface area contributed by atoms with Gasteiger partial charge < -0.3 is 5.32 Å². The summed E-state index contributed by atoms with van der Waals surface area (Å²) in [6.07, 6.45) is 0.317. The molecule has 25 heavy (non-hydrogen) atoms. The molecule has 0 fully saturated rings. The lowest BCUT2D eigenvalue weighted by Crippen LogP contribution is -2.16. The van der Waals surface area contributed by atoms with Crippen molar-refractivity contribution in [2.24, 2.45) is 0 Å². The fraction of sp³-hybridized carbons (Fsp3) is 0.238. The summed E-state index contributed by atoms with van der Waals surface area (Å²) in [4.78, 5) is 12.5. The molecule has 1 aromatic heterocycles. The summed E-state index contributed by atoms with van der Waals surface area (Å²) in [5.41, 5.74) is 6.93. The molecule has 0 bridgehead atoms. The molecule has 128 valence electrons. The third-order valence-corrected chi connectivity index (χ3v) is 4.45. The maximum absolute atomic E-state index is 12.5. The smallest absolute Gasteiger partial charge is 0.228 e. The van der Waals surface area contributed by atoms with Crippen LogP contribution in [0.15, 0.2) is 48.5 Å². The van der Waals surface area contributed by atoms with Gasteiger partial charge in [0.05, 0.1) is 17.8 Å². The van der Waals surface area contributed by atoms with Crippen LogP contribution in [-0.4, -0.2) is 15.7 Å². The molecule has 0 saturated heterocycles. The number of para-hydroxylation sites is 1. The molecule has 3 rings (SSSR count). The van der Waals surface area contributed by atoms with E-state index >= 15 is 0 Å². The first kappa shape index (κ1) is 17.0. The SMILES string of the molecule is Cc1ccc(C)c(NC(=O)Cc2c(C)nn(-c3ccccc3)c2C)c1. The van der Waals surface area contributed by atoms with Gasteiger partial charge in [-0.1, -0.05) is 30.3 Å². The van der Waals surface area contributed by atoms with Crippen LogP contribution in [0.2, 0.25) is 0 Å². The lowest BCUT2D eigenvalue weighted by atomic mass is 10.1. The number of amides is 1. The van der Waals surface area contributed by atoms with Crippen molar-refractivity contribution in [3.8, 4) is 5.69 Å². The zero-order valence-electron chi connectivity index (χ0n) is 15.1. The minimum atomic E-state index is -0.0208. The Kier molecular flexibility index (Phi) is 4.70. The Morgan fingerprint density at radius 2 is 1.76 bits per heavy atom. The molecular formula is C21H23N3O. The molecule has 1 amide bonds. The summed E-state index contributed by atoms with van der Waals surface area (Å²) in [6, 6.07) is 16.0. The van der Waals surface area contributed by atoms with Gasteiger partial charge in [-0.05, 0) is 57.0 Å². The zero-order valence-corrected chi connectivity index (χ0v) is 15.1. The number of carbonyl (C=O) groups is 1. The third kappa shape index (κ3) is 3.63. The van der Waals surface area contributed by atoms with Gasteiger partial charge in [0.2, 0.25) is 5.91 Å². The average molecular weight is 333 g/mol. The van der Waals surface area contributed by atoms with Gasteiger partial charge in [0, 0.05) is 16.9 Å². The number of nitrogens with zero attached hydrogens (tertiary/aromatic N) is 2. The topological polar surface area (TPSA) is 46.9 Å².